The molecule has 0 unspecified atom stereocenters. The van der Waals surface area contributed by atoms with Crippen LogP contribution in [0.4, 0.5) is 0 Å². The predicted molar refractivity (Wildman–Crippen MR) is 103 cm³/mol. The molecule has 4 rings (SSSR count). The van der Waals surface area contributed by atoms with Crippen LogP contribution in [0.15, 0.2) is 84.9 Å². The van der Waals surface area contributed by atoms with Gasteiger partial charge in [0.2, 0.25) is 0 Å². The number of ether oxygens (including phenoxy) is 1. The first-order valence-corrected chi connectivity index (χ1v) is 8.35. The number of hydrogen-bond acceptors (Lipinski definition) is 4. The normalized spacial score (nSPS) is 10.5. The smallest absolute Gasteiger partial charge is 0.182 e. The molecule has 0 aliphatic rings. The lowest BCUT2D eigenvalue weighted by molar-refractivity contribution is 0.415. The molecule has 0 aliphatic carbocycles. The van der Waals surface area contributed by atoms with Crippen LogP contribution in [0.3, 0.4) is 0 Å². The lowest BCUT2D eigenvalue weighted by Gasteiger charge is -2.10. The number of rotatable bonds is 4. The van der Waals surface area contributed by atoms with Crippen molar-refractivity contribution in [1.29, 1.82) is 0 Å². The van der Waals surface area contributed by atoms with Crippen LogP contribution >= 0.6 is 0 Å². The maximum absolute atomic E-state index is 5.26. The van der Waals surface area contributed by atoms with E-state index in [0.29, 0.717) is 5.82 Å². The van der Waals surface area contributed by atoms with Gasteiger partial charge >= 0.3 is 0 Å². The third-order valence-electron chi connectivity index (χ3n) is 4.13. The summed E-state index contributed by atoms with van der Waals surface area (Å²) in [5.74, 6) is 1.41. The molecule has 0 aliphatic heterocycles. The molecule has 0 spiro atoms. The second kappa shape index (κ2) is 7.15. The van der Waals surface area contributed by atoms with E-state index in [1.165, 1.54) is 0 Å². The largest absolute Gasteiger partial charge is 0.497 e. The summed E-state index contributed by atoms with van der Waals surface area (Å²) in [6.07, 6.45) is 0. The molecule has 1 aromatic heterocycles. The third kappa shape index (κ3) is 3.17. The molecule has 126 valence electrons. The van der Waals surface area contributed by atoms with E-state index in [1.807, 2.05) is 84.9 Å². The predicted octanol–water partition coefficient (Wildman–Crippen LogP) is 4.88. The van der Waals surface area contributed by atoms with Gasteiger partial charge in [-0.25, -0.2) is 4.98 Å². The van der Waals surface area contributed by atoms with Crippen LogP contribution in [-0.4, -0.2) is 22.3 Å². The van der Waals surface area contributed by atoms with Crippen LogP contribution in [0.2, 0.25) is 0 Å². The summed E-state index contributed by atoms with van der Waals surface area (Å²) in [4.78, 5) is 4.83. The van der Waals surface area contributed by atoms with E-state index in [-0.39, 0.29) is 0 Å². The van der Waals surface area contributed by atoms with E-state index in [9.17, 15) is 0 Å². The Morgan fingerprint density at radius 2 is 1.15 bits per heavy atom. The maximum Gasteiger partial charge on any atom is 0.182 e. The lowest BCUT2D eigenvalue weighted by Crippen LogP contribution is -2.00. The van der Waals surface area contributed by atoms with Crippen LogP contribution < -0.4 is 4.74 Å². The molecule has 0 radical (unpaired) electrons. The zero-order chi connectivity index (χ0) is 17.8. The molecular weight excluding hydrogens is 322 g/mol. The number of aromatic nitrogens is 3. The van der Waals surface area contributed by atoms with E-state index in [4.69, 9.17) is 9.72 Å². The van der Waals surface area contributed by atoms with E-state index in [1.54, 1.807) is 7.11 Å². The molecule has 1 heterocycles. The van der Waals surface area contributed by atoms with Crippen molar-refractivity contribution >= 4 is 0 Å². The summed E-state index contributed by atoms with van der Waals surface area (Å²) in [5, 5.41) is 8.86. The molecular formula is C22H17N3O. The van der Waals surface area contributed by atoms with Crippen LogP contribution in [0.25, 0.3) is 33.9 Å². The second-order valence-electron chi connectivity index (χ2n) is 5.79. The van der Waals surface area contributed by atoms with Crippen molar-refractivity contribution < 1.29 is 4.74 Å². The molecule has 0 fully saturated rings. The van der Waals surface area contributed by atoms with Gasteiger partial charge in [0.15, 0.2) is 5.82 Å². The van der Waals surface area contributed by atoms with Gasteiger partial charge in [-0.2, -0.15) is 0 Å². The van der Waals surface area contributed by atoms with Gasteiger partial charge in [0.05, 0.1) is 7.11 Å². The first-order valence-electron chi connectivity index (χ1n) is 8.35. The molecule has 26 heavy (non-hydrogen) atoms. The Hall–Kier alpha value is -3.53. The van der Waals surface area contributed by atoms with E-state index < -0.39 is 0 Å². The van der Waals surface area contributed by atoms with Crippen molar-refractivity contribution in [2.24, 2.45) is 0 Å². The Balaban J connectivity index is 1.89. The molecule has 0 saturated carbocycles. The fourth-order valence-corrected chi connectivity index (χ4v) is 2.78. The average molecular weight is 339 g/mol. The Morgan fingerprint density at radius 3 is 1.77 bits per heavy atom. The molecule has 3 aromatic carbocycles. The molecule has 4 heteroatoms. The van der Waals surface area contributed by atoms with Crippen molar-refractivity contribution in [2.45, 2.75) is 0 Å². The van der Waals surface area contributed by atoms with Crippen LogP contribution in [0.5, 0.6) is 5.75 Å². The van der Waals surface area contributed by atoms with Gasteiger partial charge in [0.25, 0.3) is 0 Å². The van der Waals surface area contributed by atoms with Crippen molar-refractivity contribution in [2.75, 3.05) is 7.11 Å². The monoisotopic (exact) mass is 339 g/mol. The summed E-state index contributed by atoms with van der Waals surface area (Å²) in [6, 6.07) is 27.7. The number of methoxy groups -OCH3 is 1. The first kappa shape index (κ1) is 16.0. The van der Waals surface area contributed by atoms with E-state index in [0.717, 1.165) is 33.8 Å². The van der Waals surface area contributed by atoms with Gasteiger partial charge in [-0.15, -0.1) is 10.2 Å². The van der Waals surface area contributed by atoms with E-state index >= 15 is 0 Å². The van der Waals surface area contributed by atoms with Gasteiger partial charge in [-0.3, -0.25) is 0 Å². The molecule has 4 aromatic rings. The molecule has 0 saturated heterocycles. The van der Waals surface area contributed by atoms with Gasteiger partial charge in [-0.05, 0) is 24.3 Å². The van der Waals surface area contributed by atoms with Crippen molar-refractivity contribution in [3.63, 3.8) is 0 Å². The Kier molecular flexibility index (Phi) is 4.39. The summed E-state index contributed by atoms with van der Waals surface area (Å²) >= 11 is 0. The summed E-state index contributed by atoms with van der Waals surface area (Å²) in [6.45, 7) is 0. The van der Waals surface area contributed by atoms with Crippen molar-refractivity contribution in [3.8, 4) is 39.7 Å². The molecule has 0 N–H and O–H groups in total. The summed E-state index contributed by atoms with van der Waals surface area (Å²) in [5.41, 5.74) is 4.45. The fraction of sp³-hybridized carbons (Fsp3) is 0.0455. The fourth-order valence-electron chi connectivity index (χ4n) is 2.78. The van der Waals surface area contributed by atoms with Gasteiger partial charge in [0.1, 0.15) is 17.1 Å². The SMILES string of the molecule is COc1ccc(-c2nc(-c3ccccc3)nnc2-c2ccccc2)cc1. The second-order valence-corrected chi connectivity index (χ2v) is 5.79. The molecule has 4 nitrogen and oxygen atoms in total. The summed E-state index contributed by atoms with van der Waals surface area (Å²) < 4.78 is 5.26. The third-order valence-corrected chi connectivity index (χ3v) is 4.13. The number of benzene rings is 3. The Labute approximate surface area is 152 Å². The van der Waals surface area contributed by atoms with E-state index in [2.05, 4.69) is 10.2 Å². The van der Waals surface area contributed by atoms with Crippen LogP contribution in [0, 0.1) is 0 Å². The first-order chi connectivity index (χ1) is 12.8. The van der Waals surface area contributed by atoms with Crippen molar-refractivity contribution in [1.82, 2.24) is 15.2 Å². The van der Waals surface area contributed by atoms with Gasteiger partial charge < -0.3 is 4.74 Å². The lowest BCUT2D eigenvalue weighted by atomic mass is 10.0. The number of hydrogen-bond donors (Lipinski definition) is 0. The minimum absolute atomic E-state index is 0.607. The van der Waals surface area contributed by atoms with Crippen LogP contribution in [0.1, 0.15) is 0 Å². The average Bonchev–Trinajstić information content (AvgIpc) is 2.75. The molecule has 0 atom stereocenters. The summed E-state index contributed by atoms with van der Waals surface area (Å²) in [7, 11) is 1.66. The highest BCUT2D eigenvalue weighted by Gasteiger charge is 2.14. The minimum Gasteiger partial charge on any atom is -0.497 e. The van der Waals surface area contributed by atoms with Gasteiger partial charge in [0, 0.05) is 16.7 Å². The van der Waals surface area contributed by atoms with Gasteiger partial charge in [-0.1, -0.05) is 60.7 Å². The number of nitrogens with zero attached hydrogens (tertiary/aromatic N) is 3. The zero-order valence-electron chi connectivity index (χ0n) is 14.3. The zero-order valence-corrected chi connectivity index (χ0v) is 14.3. The molecule has 0 amide bonds. The van der Waals surface area contributed by atoms with Crippen LogP contribution in [-0.2, 0) is 0 Å². The topological polar surface area (TPSA) is 47.9 Å². The quantitative estimate of drug-likeness (QED) is 0.531. The van der Waals surface area contributed by atoms with Crippen molar-refractivity contribution in [3.05, 3.63) is 84.9 Å². The highest BCUT2D eigenvalue weighted by molar-refractivity contribution is 5.78. The Bertz CT molecular complexity index is 1000. The standard InChI is InChI=1S/C22H17N3O/c1-26-19-14-12-17(13-15-19)20-21(16-8-4-2-5-9-16)24-25-22(23-20)18-10-6-3-7-11-18/h2-15H,1H3. The minimum atomic E-state index is 0.607. The molecule has 0 bridgehead atoms. The maximum atomic E-state index is 5.26. The Morgan fingerprint density at radius 1 is 0.577 bits per heavy atom. The highest BCUT2D eigenvalue weighted by Crippen LogP contribution is 2.30. The highest BCUT2D eigenvalue weighted by atomic mass is 16.5.